The second-order valence-corrected chi connectivity index (χ2v) is 13.4. The second kappa shape index (κ2) is 7.24. The molecule has 0 amide bonds. The molecule has 1 aliphatic heterocycles. The van der Waals surface area contributed by atoms with E-state index in [1.54, 1.807) is 0 Å². The van der Waals surface area contributed by atoms with E-state index in [1.165, 1.54) is 0 Å². The van der Waals surface area contributed by atoms with Gasteiger partial charge in [-0.1, -0.05) is 39.5 Å². The van der Waals surface area contributed by atoms with Crippen LogP contribution in [0.25, 0.3) is 0 Å². The van der Waals surface area contributed by atoms with Crippen molar-refractivity contribution in [1.82, 2.24) is 0 Å². The molecule has 0 aromatic heterocycles. The lowest BCUT2D eigenvalue weighted by Gasteiger charge is -2.37. The summed E-state index contributed by atoms with van der Waals surface area (Å²) in [4.78, 5) is 0. The average Bonchev–Trinajstić information content (AvgIpc) is 2.64. The second-order valence-electron chi connectivity index (χ2n) is 8.54. The van der Waals surface area contributed by atoms with Gasteiger partial charge >= 0.3 is 0 Å². The van der Waals surface area contributed by atoms with Crippen LogP contribution < -0.4 is 0 Å². The Balaban J connectivity index is 2.56. The van der Waals surface area contributed by atoms with Gasteiger partial charge in [-0.3, -0.25) is 0 Å². The van der Waals surface area contributed by atoms with Crippen molar-refractivity contribution in [3.63, 3.8) is 0 Å². The van der Waals surface area contributed by atoms with Gasteiger partial charge in [0, 0.05) is 12.5 Å². The van der Waals surface area contributed by atoms with Crippen molar-refractivity contribution in [2.45, 2.75) is 90.7 Å². The van der Waals surface area contributed by atoms with E-state index in [-0.39, 0.29) is 23.2 Å². The Labute approximate surface area is 143 Å². The molecule has 134 valence electrons. The van der Waals surface area contributed by atoms with Crippen molar-refractivity contribution >= 4 is 8.32 Å². The predicted octanol–water partition coefficient (Wildman–Crippen LogP) is 3.55. The fourth-order valence-electron chi connectivity index (χ4n) is 2.04. The highest BCUT2D eigenvalue weighted by atomic mass is 28.4. The van der Waals surface area contributed by atoms with Crippen molar-refractivity contribution < 1.29 is 19.0 Å². The van der Waals surface area contributed by atoms with E-state index in [2.05, 4.69) is 45.7 Å². The van der Waals surface area contributed by atoms with Gasteiger partial charge < -0.3 is 19.0 Å². The molecule has 5 heteroatoms. The van der Waals surface area contributed by atoms with Crippen molar-refractivity contribution in [1.29, 1.82) is 0 Å². The topological polar surface area (TPSA) is 47.9 Å². The molecular formula is C18H34O4Si. The molecule has 1 saturated heterocycles. The van der Waals surface area contributed by atoms with Crippen LogP contribution in [0, 0.1) is 17.8 Å². The standard InChI is InChI=1S/C18H34O4Si/c1-13(12-20-23(8,9)17(3,4)5)15(19)10-11-16-14(2)21-18(6,7)22-16/h13-16,19H,12H2,1-9H3/t13-,14-,15?,16+/m0/s1. The number of hydrogen-bond donors (Lipinski definition) is 1. The van der Waals surface area contributed by atoms with Gasteiger partial charge in [-0.25, -0.2) is 0 Å². The summed E-state index contributed by atoms with van der Waals surface area (Å²) in [7, 11) is -1.80. The molecule has 0 aliphatic carbocycles. The van der Waals surface area contributed by atoms with Crippen molar-refractivity contribution in [3.8, 4) is 11.8 Å². The normalized spacial score (nSPS) is 27.2. The van der Waals surface area contributed by atoms with E-state index in [1.807, 2.05) is 27.7 Å². The number of aliphatic hydroxyl groups excluding tert-OH is 1. The number of rotatable bonds is 4. The zero-order valence-electron chi connectivity index (χ0n) is 16.2. The van der Waals surface area contributed by atoms with Crippen molar-refractivity contribution in [2.24, 2.45) is 5.92 Å². The molecule has 4 nitrogen and oxygen atoms in total. The number of aliphatic hydroxyl groups is 1. The van der Waals surface area contributed by atoms with Crippen LogP contribution in [0.4, 0.5) is 0 Å². The van der Waals surface area contributed by atoms with Gasteiger partial charge in [0.1, 0.15) is 12.2 Å². The van der Waals surface area contributed by atoms with E-state index in [9.17, 15) is 5.11 Å². The predicted molar refractivity (Wildman–Crippen MR) is 95.6 cm³/mol. The molecule has 0 aromatic rings. The van der Waals surface area contributed by atoms with Gasteiger partial charge in [0.25, 0.3) is 0 Å². The molecule has 1 fully saturated rings. The van der Waals surface area contributed by atoms with Crippen LogP contribution in [0.5, 0.6) is 0 Å². The van der Waals surface area contributed by atoms with Gasteiger partial charge in [-0.2, -0.15) is 0 Å². The minimum Gasteiger partial charge on any atom is -0.416 e. The number of hydrogen-bond acceptors (Lipinski definition) is 4. The Morgan fingerprint density at radius 3 is 2.26 bits per heavy atom. The summed E-state index contributed by atoms with van der Waals surface area (Å²) in [5.74, 6) is 5.26. The number of ether oxygens (including phenoxy) is 2. The van der Waals surface area contributed by atoms with Crippen LogP contribution in [0.2, 0.25) is 18.1 Å². The Kier molecular flexibility index (Phi) is 6.51. The SMILES string of the molecule is C[C@@H]1OC(C)(C)O[C@@H]1C#CC(O)[C@@H](C)CO[Si](C)(C)C(C)(C)C. The maximum absolute atomic E-state index is 10.3. The first-order valence-electron chi connectivity index (χ1n) is 8.44. The molecule has 1 aliphatic rings. The molecule has 1 rings (SSSR count). The quantitative estimate of drug-likeness (QED) is 0.627. The Hall–Kier alpha value is -0.383. The molecule has 0 spiro atoms. The van der Waals surface area contributed by atoms with Gasteiger partial charge in [0.2, 0.25) is 0 Å². The van der Waals surface area contributed by atoms with E-state index in [0.717, 1.165) is 0 Å². The lowest BCUT2D eigenvalue weighted by atomic mass is 10.1. The molecular weight excluding hydrogens is 308 g/mol. The monoisotopic (exact) mass is 342 g/mol. The highest BCUT2D eigenvalue weighted by Crippen LogP contribution is 2.36. The van der Waals surface area contributed by atoms with Crippen LogP contribution in [-0.4, -0.2) is 44.1 Å². The Morgan fingerprint density at radius 1 is 1.26 bits per heavy atom. The largest absolute Gasteiger partial charge is 0.416 e. The lowest BCUT2D eigenvalue weighted by molar-refractivity contribution is -0.140. The molecule has 1 N–H and O–H groups in total. The molecule has 0 bridgehead atoms. The highest BCUT2D eigenvalue weighted by Gasteiger charge is 2.38. The third kappa shape index (κ3) is 5.88. The van der Waals surface area contributed by atoms with Gasteiger partial charge in [-0.05, 0) is 38.9 Å². The summed E-state index contributed by atoms with van der Waals surface area (Å²) in [5, 5.41) is 10.4. The van der Waals surface area contributed by atoms with E-state index < -0.39 is 20.2 Å². The molecule has 0 radical (unpaired) electrons. The van der Waals surface area contributed by atoms with E-state index >= 15 is 0 Å². The average molecular weight is 343 g/mol. The summed E-state index contributed by atoms with van der Waals surface area (Å²) in [6.45, 7) is 19.2. The Morgan fingerprint density at radius 2 is 1.83 bits per heavy atom. The van der Waals surface area contributed by atoms with E-state index in [4.69, 9.17) is 13.9 Å². The molecule has 1 unspecified atom stereocenters. The zero-order chi connectivity index (χ0) is 18.1. The van der Waals surface area contributed by atoms with Gasteiger partial charge in [-0.15, -0.1) is 0 Å². The first kappa shape index (κ1) is 20.7. The first-order chi connectivity index (χ1) is 10.3. The molecule has 4 atom stereocenters. The first-order valence-corrected chi connectivity index (χ1v) is 11.3. The fraction of sp³-hybridized carbons (Fsp3) is 0.889. The van der Waals surface area contributed by atoms with Gasteiger partial charge in [0.05, 0.1) is 6.10 Å². The highest BCUT2D eigenvalue weighted by molar-refractivity contribution is 6.74. The van der Waals surface area contributed by atoms with Crippen LogP contribution in [0.1, 0.15) is 48.5 Å². The summed E-state index contributed by atoms with van der Waals surface area (Å²) < 4.78 is 17.5. The van der Waals surface area contributed by atoms with Crippen LogP contribution in [0.3, 0.4) is 0 Å². The zero-order valence-corrected chi connectivity index (χ0v) is 17.2. The molecule has 0 saturated carbocycles. The smallest absolute Gasteiger partial charge is 0.191 e. The van der Waals surface area contributed by atoms with Crippen molar-refractivity contribution in [2.75, 3.05) is 6.61 Å². The van der Waals surface area contributed by atoms with Crippen molar-refractivity contribution in [3.05, 3.63) is 0 Å². The molecule has 0 aromatic carbocycles. The maximum Gasteiger partial charge on any atom is 0.191 e. The third-order valence-electron chi connectivity index (χ3n) is 4.73. The summed E-state index contributed by atoms with van der Waals surface area (Å²) in [5.41, 5.74) is 0. The summed E-state index contributed by atoms with van der Waals surface area (Å²) >= 11 is 0. The maximum atomic E-state index is 10.3. The van der Waals surface area contributed by atoms with Crippen LogP contribution in [0.15, 0.2) is 0 Å². The fourth-order valence-corrected chi connectivity index (χ4v) is 3.16. The Bertz CT molecular complexity index is 456. The molecule has 1 heterocycles. The lowest BCUT2D eigenvalue weighted by Crippen LogP contribution is -2.42. The summed E-state index contributed by atoms with van der Waals surface area (Å²) in [6.07, 6.45) is -1.11. The summed E-state index contributed by atoms with van der Waals surface area (Å²) in [6, 6.07) is 0. The minimum absolute atomic E-state index is 0.0396. The van der Waals surface area contributed by atoms with Gasteiger partial charge in [0.15, 0.2) is 14.1 Å². The van der Waals surface area contributed by atoms with E-state index in [0.29, 0.717) is 6.61 Å². The minimum atomic E-state index is -1.80. The van der Waals surface area contributed by atoms with Crippen LogP contribution >= 0.6 is 0 Å². The van der Waals surface area contributed by atoms with Crippen LogP contribution in [-0.2, 0) is 13.9 Å². The third-order valence-corrected chi connectivity index (χ3v) is 9.23. The molecule has 23 heavy (non-hydrogen) atoms.